The molecule has 2 heteroatoms. The minimum atomic E-state index is 0.174. The molecule has 1 aromatic carbocycles. The maximum Gasteiger partial charge on any atom is 0.122 e. The van der Waals surface area contributed by atoms with Gasteiger partial charge in [0.1, 0.15) is 5.75 Å². The third-order valence-corrected chi connectivity index (χ3v) is 1.93. The quantitative estimate of drug-likeness (QED) is 0.732. The molecular formula is C12H15NO. The van der Waals surface area contributed by atoms with Crippen LogP contribution in [0.4, 0.5) is 0 Å². The van der Waals surface area contributed by atoms with Crippen LogP contribution in [0.3, 0.4) is 0 Å². The van der Waals surface area contributed by atoms with Crippen molar-refractivity contribution in [3.63, 3.8) is 0 Å². The molecule has 0 heterocycles. The van der Waals surface area contributed by atoms with Gasteiger partial charge in [-0.05, 0) is 44.0 Å². The Morgan fingerprint density at radius 3 is 2.64 bits per heavy atom. The van der Waals surface area contributed by atoms with Crippen LogP contribution in [-0.4, -0.2) is 6.10 Å². The van der Waals surface area contributed by atoms with E-state index in [4.69, 9.17) is 10.00 Å². The molecule has 14 heavy (non-hydrogen) atoms. The Balaban J connectivity index is 3.00. The minimum absolute atomic E-state index is 0.174. The van der Waals surface area contributed by atoms with E-state index < -0.39 is 0 Å². The third kappa shape index (κ3) is 2.50. The average Bonchev–Trinajstić information content (AvgIpc) is 2.17. The van der Waals surface area contributed by atoms with Gasteiger partial charge in [0.25, 0.3) is 0 Å². The minimum Gasteiger partial charge on any atom is -0.491 e. The van der Waals surface area contributed by atoms with E-state index >= 15 is 0 Å². The van der Waals surface area contributed by atoms with Gasteiger partial charge in [0.05, 0.1) is 17.7 Å². The molecule has 0 aliphatic rings. The predicted molar refractivity (Wildman–Crippen MR) is 56.3 cm³/mol. The zero-order valence-corrected chi connectivity index (χ0v) is 8.87. The van der Waals surface area contributed by atoms with E-state index in [9.17, 15) is 0 Å². The fraction of sp³-hybridized carbons (Fsp3) is 0.417. The summed E-state index contributed by atoms with van der Waals surface area (Å²) in [6.45, 7) is 6.05. The lowest BCUT2D eigenvalue weighted by Gasteiger charge is -2.13. The lowest BCUT2D eigenvalue weighted by Crippen LogP contribution is -2.07. The molecule has 0 bridgehead atoms. The fourth-order valence-electron chi connectivity index (χ4n) is 1.29. The number of hydrogen-bond acceptors (Lipinski definition) is 2. The van der Waals surface area contributed by atoms with Crippen molar-refractivity contribution in [2.75, 3.05) is 0 Å². The molecule has 0 aliphatic heterocycles. The molecule has 0 spiro atoms. The Hall–Kier alpha value is -1.49. The van der Waals surface area contributed by atoms with E-state index in [0.29, 0.717) is 5.56 Å². The fourth-order valence-corrected chi connectivity index (χ4v) is 1.29. The number of nitriles is 1. The summed E-state index contributed by atoms with van der Waals surface area (Å²) >= 11 is 0. The van der Waals surface area contributed by atoms with Crippen LogP contribution in [0.2, 0.25) is 0 Å². The zero-order chi connectivity index (χ0) is 10.6. The van der Waals surface area contributed by atoms with Crippen LogP contribution >= 0.6 is 0 Å². The van der Waals surface area contributed by atoms with Gasteiger partial charge in [-0.25, -0.2) is 0 Å². The van der Waals surface area contributed by atoms with Crippen molar-refractivity contribution in [2.24, 2.45) is 0 Å². The summed E-state index contributed by atoms with van der Waals surface area (Å²) in [6.07, 6.45) is 1.06. The summed E-state index contributed by atoms with van der Waals surface area (Å²) in [4.78, 5) is 0. The highest BCUT2D eigenvalue weighted by Gasteiger charge is 2.04. The molecule has 0 N–H and O–H groups in total. The van der Waals surface area contributed by atoms with Crippen molar-refractivity contribution in [1.82, 2.24) is 0 Å². The normalized spacial score (nSPS) is 9.93. The molecule has 0 saturated heterocycles. The van der Waals surface area contributed by atoms with Gasteiger partial charge in [0.2, 0.25) is 0 Å². The summed E-state index contributed by atoms with van der Waals surface area (Å²) in [6, 6.07) is 7.67. The molecule has 0 amide bonds. The molecule has 0 unspecified atom stereocenters. The highest BCUT2D eigenvalue weighted by Crippen LogP contribution is 2.21. The molecule has 0 aromatic heterocycles. The molecule has 0 atom stereocenters. The van der Waals surface area contributed by atoms with E-state index in [1.54, 1.807) is 6.07 Å². The van der Waals surface area contributed by atoms with Crippen LogP contribution in [-0.2, 0) is 6.42 Å². The van der Waals surface area contributed by atoms with Crippen molar-refractivity contribution in [2.45, 2.75) is 33.3 Å². The van der Waals surface area contributed by atoms with Crippen LogP contribution in [0.1, 0.15) is 31.9 Å². The molecule has 2 nitrogen and oxygen atoms in total. The highest BCUT2D eigenvalue weighted by molar-refractivity contribution is 5.42. The largest absolute Gasteiger partial charge is 0.491 e. The van der Waals surface area contributed by atoms with Crippen molar-refractivity contribution in [3.8, 4) is 11.8 Å². The Morgan fingerprint density at radius 2 is 2.14 bits per heavy atom. The van der Waals surface area contributed by atoms with Crippen LogP contribution in [0.25, 0.3) is 0 Å². The van der Waals surface area contributed by atoms with E-state index in [1.165, 1.54) is 0 Å². The van der Waals surface area contributed by atoms with Gasteiger partial charge >= 0.3 is 0 Å². The van der Waals surface area contributed by atoms with Gasteiger partial charge in [0.15, 0.2) is 0 Å². The Labute approximate surface area is 85.1 Å². The van der Waals surface area contributed by atoms with Crippen LogP contribution < -0.4 is 4.74 Å². The third-order valence-electron chi connectivity index (χ3n) is 1.93. The predicted octanol–water partition coefficient (Wildman–Crippen LogP) is 2.91. The van der Waals surface area contributed by atoms with E-state index in [0.717, 1.165) is 17.7 Å². The molecule has 0 aliphatic carbocycles. The summed E-state index contributed by atoms with van der Waals surface area (Å²) in [5, 5.41) is 8.74. The van der Waals surface area contributed by atoms with Gasteiger partial charge < -0.3 is 4.74 Å². The Kier molecular flexibility index (Phi) is 3.53. The second-order valence-corrected chi connectivity index (χ2v) is 3.45. The first kappa shape index (κ1) is 10.6. The van der Waals surface area contributed by atoms with Crippen LogP contribution in [0.5, 0.6) is 5.75 Å². The first-order valence-electron chi connectivity index (χ1n) is 4.87. The van der Waals surface area contributed by atoms with Gasteiger partial charge in [-0.2, -0.15) is 5.26 Å². The van der Waals surface area contributed by atoms with Gasteiger partial charge in [-0.1, -0.05) is 6.92 Å². The van der Waals surface area contributed by atoms with Crippen LogP contribution in [0.15, 0.2) is 18.2 Å². The molecular weight excluding hydrogens is 174 g/mol. The lowest BCUT2D eigenvalue weighted by molar-refractivity contribution is 0.240. The second kappa shape index (κ2) is 4.66. The average molecular weight is 189 g/mol. The number of benzene rings is 1. The zero-order valence-electron chi connectivity index (χ0n) is 8.87. The number of aryl methyl sites for hydroxylation is 1. The van der Waals surface area contributed by atoms with Gasteiger partial charge in [-0.3, -0.25) is 0 Å². The first-order valence-corrected chi connectivity index (χ1v) is 4.87. The van der Waals surface area contributed by atoms with Crippen molar-refractivity contribution in [1.29, 1.82) is 5.26 Å². The Bertz CT molecular complexity index is 350. The summed E-state index contributed by atoms with van der Waals surface area (Å²) in [5.74, 6) is 0.890. The van der Waals surface area contributed by atoms with Crippen molar-refractivity contribution >= 4 is 0 Å². The summed E-state index contributed by atoms with van der Waals surface area (Å²) in [7, 11) is 0. The smallest absolute Gasteiger partial charge is 0.122 e. The Morgan fingerprint density at radius 1 is 1.43 bits per heavy atom. The van der Waals surface area contributed by atoms with Gasteiger partial charge in [-0.15, -0.1) is 0 Å². The molecule has 0 radical (unpaired) electrons. The lowest BCUT2D eigenvalue weighted by atomic mass is 10.1. The monoisotopic (exact) mass is 189 g/mol. The van der Waals surface area contributed by atoms with Crippen molar-refractivity contribution in [3.05, 3.63) is 29.3 Å². The molecule has 1 rings (SSSR count). The van der Waals surface area contributed by atoms with Crippen LogP contribution in [0, 0.1) is 11.3 Å². The maximum atomic E-state index is 8.74. The molecule has 74 valence electrons. The maximum absolute atomic E-state index is 8.74. The molecule has 0 saturated carbocycles. The molecule has 0 fully saturated rings. The number of hydrogen-bond donors (Lipinski definition) is 0. The topological polar surface area (TPSA) is 33.0 Å². The van der Waals surface area contributed by atoms with Crippen molar-refractivity contribution < 1.29 is 4.74 Å². The summed E-state index contributed by atoms with van der Waals surface area (Å²) < 4.78 is 5.63. The van der Waals surface area contributed by atoms with Gasteiger partial charge in [0, 0.05) is 0 Å². The highest BCUT2D eigenvalue weighted by atomic mass is 16.5. The SMILES string of the molecule is CCc1cc(C#N)ccc1OC(C)C. The first-order chi connectivity index (χ1) is 6.67. The number of rotatable bonds is 3. The number of nitrogens with zero attached hydrogens (tertiary/aromatic N) is 1. The van der Waals surface area contributed by atoms with E-state index in [2.05, 4.69) is 13.0 Å². The van der Waals surface area contributed by atoms with E-state index in [-0.39, 0.29) is 6.10 Å². The standard InChI is InChI=1S/C12H15NO/c1-4-11-7-10(8-13)5-6-12(11)14-9(2)3/h5-7,9H,4H2,1-3H3. The second-order valence-electron chi connectivity index (χ2n) is 3.45. The number of ether oxygens (including phenoxy) is 1. The molecule has 1 aromatic rings. The van der Waals surface area contributed by atoms with E-state index in [1.807, 2.05) is 26.0 Å². The summed E-state index contributed by atoms with van der Waals surface area (Å²) in [5.41, 5.74) is 1.79.